The molecule has 40 heteroatoms. The predicted molar refractivity (Wildman–Crippen MR) is 143 cm³/mol. The van der Waals surface area contributed by atoms with Crippen LogP contribution in [0.25, 0.3) is 0 Å². The van der Waals surface area contributed by atoms with E-state index in [1.807, 2.05) is 0 Å². The molecule has 0 spiro atoms. The molecule has 0 aliphatic rings. The summed E-state index contributed by atoms with van der Waals surface area (Å²) in [5.41, 5.74) is 0. The third-order valence-electron chi connectivity index (χ3n) is 0. The average molecular weight is 746 g/mol. The van der Waals surface area contributed by atoms with E-state index in [2.05, 4.69) is 0 Å². The van der Waals surface area contributed by atoms with Crippen molar-refractivity contribution in [1.29, 1.82) is 0 Å². The minimum absolute atomic E-state index is 0. The lowest BCUT2D eigenvalue weighted by atomic mass is 14.0. The average Bonchev–Trinajstić information content (AvgIpc) is 1.79. The molecular formula is H60F5N15O15Si5. The summed E-state index contributed by atoms with van der Waals surface area (Å²) in [7, 11) is -25.6. The van der Waals surface area contributed by atoms with E-state index >= 15 is 0 Å². The smallest absolute Gasteiger partial charge is 0.365 e. The lowest BCUT2D eigenvalue weighted by Gasteiger charge is -1.88. The molecule has 280 valence electrons. The first-order valence-electron chi connectivity index (χ1n) is 4.30. The summed E-state index contributed by atoms with van der Waals surface area (Å²) in [4.78, 5) is 107. The Bertz CT molecular complexity index is 220. The highest BCUT2D eigenvalue weighted by Crippen LogP contribution is 1.81. The molecule has 0 fully saturated rings. The highest BCUT2D eigenvalue weighted by Gasteiger charge is 2.28. The fourth-order valence-corrected chi connectivity index (χ4v) is 0. The van der Waals surface area contributed by atoms with Gasteiger partial charge in [-0.15, -0.1) is 0 Å². The van der Waals surface area contributed by atoms with Crippen molar-refractivity contribution in [3.63, 3.8) is 0 Å². The van der Waals surface area contributed by atoms with Crippen LogP contribution in [-0.2, 0) is 0 Å². The summed E-state index contributed by atoms with van der Waals surface area (Å²) in [6, 6.07) is 0. The second kappa shape index (κ2) is 62.2. The molecular weight excluding hydrogens is 686 g/mol. The van der Waals surface area contributed by atoms with Crippen LogP contribution in [0.3, 0.4) is 0 Å². The molecule has 0 aliphatic carbocycles. The Hall–Kier alpha value is -0.466. The van der Waals surface area contributed by atoms with Gasteiger partial charge in [-0.3, -0.25) is 0 Å². The fourth-order valence-electron chi connectivity index (χ4n) is 0. The van der Waals surface area contributed by atoms with Crippen LogP contribution in [0.1, 0.15) is 0 Å². The van der Waals surface area contributed by atoms with Gasteiger partial charge in [0.05, 0.1) is 0 Å². The molecule has 0 aromatic heterocycles. The van der Waals surface area contributed by atoms with Crippen LogP contribution in [-0.4, -0.2) is 118 Å². The lowest BCUT2D eigenvalue weighted by molar-refractivity contribution is 0.162. The van der Waals surface area contributed by atoms with E-state index in [0.29, 0.717) is 0 Å². The summed E-state index contributed by atoms with van der Waals surface area (Å²) in [5, 5.41) is 0. The third kappa shape index (κ3) is 231000. The highest BCUT2D eigenvalue weighted by molar-refractivity contribution is 6.48. The zero-order valence-corrected chi connectivity index (χ0v) is 26.7. The normalized spacial score (nSPS) is 7.50. The Labute approximate surface area is 231 Å². The number of hydrogen-bond acceptors (Lipinski definition) is 30. The van der Waals surface area contributed by atoms with Crippen LogP contribution >= 0.6 is 0 Å². The van der Waals surface area contributed by atoms with E-state index in [0.717, 1.165) is 0 Å². The second-order valence-electron chi connectivity index (χ2n) is 2.77. The zero-order chi connectivity index (χ0) is 22.5. The summed E-state index contributed by atoms with van der Waals surface area (Å²) >= 11 is 0. The first-order chi connectivity index (χ1) is 10.0. The van der Waals surface area contributed by atoms with Crippen LogP contribution in [0.4, 0.5) is 20.5 Å². The van der Waals surface area contributed by atoms with Crippen molar-refractivity contribution in [2.45, 2.75) is 0 Å². The third-order valence-corrected chi connectivity index (χ3v) is 0. The first kappa shape index (κ1) is 154. The SMILES string of the molecule is N.N.N.N.N.N.N.N.N.N.N.N.N.N.N.O[Si](O)(O)F.O[Si](O)(O)F.O[Si](O)(O)F.O[Si](O)(O)F.O[Si](O)(O)F. The molecule has 0 unspecified atom stereocenters. The lowest BCUT2D eigenvalue weighted by Crippen LogP contribution is -2.27. The maximum absolute atomic E-state index is 10.5. The molecule has 0 bridgehead atoms. The van der Waals surface area contributed by atoms with Crippen LogP contribution in [0, 0.1) is 0 Å². The largest absolute Gasteiger partial charge is 0.711 e. The molecule has 0 saturated heterocycles. The van der Waals surface area contributed by atoms with Gasteiger partial charge in [0.25, 0.3) is 0 Å². The minimum atomic E-state index is -5.11. The first-order valence-corrected chi connectivity index (χ1v) is 12.9. The van der Waals surface area contributed by atoms with Crippen molar-refractivity contribution >= 4 is 45.7 Å². The molecule has 0 radical (unpaired) electrons. The van der Waals surface area contributed by atoms with Gasteiger partial charge in [0.15, 0.2) is 0 Å². The van der Waals surface area contributed by atoms with Crippen LogP contribution in [0.15, 0.2) is 0 Å². The van der Waals surface area contributed by atoms with Gasteiger partial charge in [-0.05, 0) is 0 Å². The van der Waals surface area contributed by atoms with Gasteiger partial charge in [0.2, 0.25) is 0 Å². The monoisotopic (exact) mass is 745 g/mol. The topological polar surface area (TPSA) is 828 Å². The Kier molecular flexibility index (Phi) is 239. The molecule has 60 N–H and O–H groups in total. The maximum Gasteiger partial charge on any atom is 0.711 e. The van der Waals surface area contributed by atoms with Gasteiger partial charge >= 0.3 is 45.7 Å². The predicted octanol–water partition coefficient (Wildman–Crippen LogP) is -5.73. The Morgan fingerprint density at radius 2 is 0.175 bits per heavy atom. The molecule has 30 nitrogen and oxygen atoms in total. The van der Waals surface area contributed by atoms with E-state index in [1.54, 1.807) is 0 Å². The maximum atomic E-state index is 10.5. The Morgan fingerprint density at radius 1 is 0.175 bits per heavy atom. The Morgan fingerprint density at radius 3 is 0.175 bits per heavy atom. The van der Waals surface area contributed by atoms with Crippen molar-refractivity contribution < 1.29 is 92.5 Å². The molecule has 0 aromatic rings. The molecule has 0 amide bonds. The summed E-state index contributed by atoms with van der Waals surface area (Å²) in [5.74, 6) is 0. The molecule has 0 aliphatic heterocycles. The van der Waals surface area contributed by atoms with Gasteiger partial charge in [-0.25, -0.2) is 20.5 Å². The van der Waals surface area contributed by atoms with Crippen molar-refractivity contribution in [3.8, 4) is 0 Å². The van der Waals surface area contributed by atoms with Crippen molar-refractivity contribution in [3.05, 3.63) is 0 Å². The van der Waals surface area contributed by atoms with Gasteiger partial charge in [-0.1, -0.05) is 0 Å². The molecule has 40 heavy (non-hydrogen) atoms. The Balaban J connectivity index is -0.00000000635. The van der Waals surface area contributed by atoms with E-state index in [-0.39, 0.29) is 92.3 Å². The van der Waals surface area contributed by atoms with E-state index < -0.39 is 45.7 Å². The van der Waals surface area contributed by atoms with Crippen LogP contribution in [0.5, 0.6) is 0 Å². The fraction of sp³-hybridized carbons (Fsp3) is 0. The van der Waals surface area contributed by atoms with Crippen molar-refractivity contribution in [2.24, 2.45) is 0 Å². The van der Waals surface area contributed by atoms with Crippen molar-refractivity contribution in [1.82, 2.24) is 92.3 Å². The summed E-state index contributed by atoms with van der Waals surface area (Å²) < 4.78 is 52.5. The standard InChI is InChI=1S/5FH3O3Si.15H3N/c5*1-5(2,3)4;;;;;;;;;;;;;;;/h5*2-4H;15*1H3. The molecule has 0 rings (SSSR count). The molecule has 0 saturated carbocycles. The van der Waals surface area contributed by atoms with Gasteiger partial charge in [0, 0.05) is 0 Å². The summed E-state index contributed by atoms with van der Waals surface area (Å²) in [6.45, 7) is 0. The minimum Gasteiger partial charge on any atom is -0.365 e. The molecule has 0 atom stereocenters. The summed E-state index contributed by atoms with van der Waals surface area (Å²) in [6.07, 6.45) is 0. The number of rotatable bonds is 0. The van der Waals surface area contributed by atoms with Crippen molar-refractivity contribution in [2.75, 3.05) is 0 Å². The van der Waals surface area contributed by atoms with Crippen LogP contribution in [0.2, 0.25) is 0 Å². The molecule has 0 aromatic carbocycles. The quantitative estimate of drug-likeness (QED) is 0.0623. The van der Waals surface area contributed by atoms with Crippen LogP contribution < -0.4 is 92.3 Å². The van der Waals surface area contributed by atoms with Gasteiger partial charge in [0.1, 0.15) is 0 Å². The second-order valence-corrected chi connectivity index (χ2v) is 8.30. The number of halogens is 5. The van der Waals surface area contributed by atoms with E-state index in [9.17, 15) is 20.5 Å². The van der Waals surface area contributed by atoms with E-state index in [1.165, 1.54) is 0 Å². The van der Waals surface area contributed by atoms with E-state index in [4.69, 9.17) is 71.9 Å². The molecule has 0 heterocycles. The zero-order valence-electron chi connectivity index (χ0n) is 21.7. The van der Waals surface area contributed by atoms with Gasteiger partial charge in [-0.2, -0.15) is 0 Å². The van der Waals surface area contributed by atoms with Gasteiger partial charge < -0.3 is 164 Å². The number of hydrogen-bond donors (Lipinski definition) is 30. The highest BCUT2D eigenvalue weighted by atomic mass is 28.4.